The van der Waals surface area contributed by atoms with Crippen LogP contribution in [0.5, 0.6) is 0 Å². The van der Waals surface area contributed by atoms with Crippen LogP contribution in [0.3, 0.4) is 0 Å². The number of fused-ring (bicyclic) bond motifs is 15. The molecule has 2 aliphatic heterocycles. The van der Waals surface area contributed by atoms with E-state index in [4.69, 9.17) is 0 Å². The lowest BCUT2D eigenvalue weighted by atomic mass is 9.44. The molecule has 3 heterocycles. The molecule has 0 N–H and O–H groups in total. The van der Waals surface area contributed by atoms with Gasteiger partial charge < -0.3 is 9.38 Å². The predicted molar refractivity (Wildman–Crippen MR) is 258 cm³/mol. The molecule has 1 aromatic heterocycles. The minimum Gasteiger partial charge on any atom is -0.375 e. The number of hydrogen-bond acceptors (Lipinski definition) is 1. The number of nitrogens with zero attached hydrogens (tertiary/aromatic N) is 2. The Hall–Kier alpha value is -7.10. The molecule has 2 nitrogen and oxygen atoms in total. The van der Waals surface area contributed by atoms with Crippen molar-refractivity contribution in [2.75, 3.05) is 4.90 Å². The molecule has 0 amide bonds. The van der Waals surface area contributed by atoms with E-state index in [-0.39, 0.29) is 17.7 Å². The summed E-state index contributed by atoms with van der Waals surface area (Å²) in [5, 5.41) is 5.24. The summed E-state index contributed by atoms with van der Waals surface area (Å²) in [7, 11) is 0. The molecule has 0 spiro atoms. The summed E-state index contributed by atoms with van der Waals surface area (Å²) >= 11 is 0. The first-order valence-electron chi connectivity index (χ1n) is 21.8. The Bertz CT molecular complexity index is 3610. The lowest BCUT2D eigenvalue weighted by Crippen LogP contribution is -2.57. The normalized spacial score (nSPS) is 15.4. The Morgan fingerprint density at radius 1 is 0.426 bits per heavy atom. The molecule has 3 heteroatoms. The third-order valence-corrected chi connectivity index (χ3v) is 15.1. The summed E-state index contributed by atoms with van der Waals surface area (Å²) in [5.41, 5.74) is 24.8. The van der Waals surface area contributed by atoms with E-state index in [0.29, 0.717) is 0 Å². The largest absolute Gasteiger partial charge is 0.375 e. The first kappa shape index (κ1) is 33.7. The molecule has 14 rings (SSSR count). The average molecular weight is 777 g/mol. The van der Waals surface area contributed by atoms with E-state index in [0.717, 1.165) is 0 Å². The van der Waals surface area contributed by atoms with Gasteiger partial charge in [0.1, 0.15) is 0 Å². The number of aromatic nitrogens is 1. The fraction of sp³-hybridized carbons (Fsp3) is 0.103. The van der Waals surface area contributed by atoms with Crippen LogP contribution in [0.15, 0.2) is 176 Å². The van der Waals surface area contributed by atoms with Gasteiger partial charge in [-0.2, -0.15) is 0 Å². The maximum Gasteiger partial charge on any atom is 0.333 e. The monoisotopic (exact) mass is 776 g/mol. The highest BCUT2D eigenvalue weighted by molar-refractivity contribution is 6.90. The van der Waals surface area contributed by atoms with Gasteiger partial charge >= 0.3 is 6.85 Å². The molecule has 0 unspecified atom stereocenters. The molecule has 61 heavy (non-hydrogen) atoms. The zero-order valence-corrected chi connectivity index (χ0v) is 34.7. The number of benzene rings is 9. The smallest absolute Gasteiger partial charge is 0.333 e. The molecule has 0 saturated heterocycles. The fourth-order valence-electron chi connectivity index (χ4n) is 12.3. The molecule has 2 aliphatic carbocycles. The van der Waals surface area contributed by atoms with E-state index in [1.54, 1.807) is 0 Å². The quantitative estimate of drug-likeness (QED) is 0.159. The number of rotatable bonds is 2. The molecule has 10 aromatic rings. The van der Waals surface area contributed by atoms with E-state index in [2.05, 4.69) is 213 Å². The van der Waals surface area contributed by atoms with Crippen molar-refractivity contribution in [3.8, 4) is 44.5 Å². The van der Waals surface area contributed by atoms with Crippen LogP contribution in [0, 0.1) is 0 Å². The minimum atomic E-state index is -0.147. The van der Waals surface area contributed by atoms with Crippen molar-refractivity contribution >= 4 is 67.4 Å². The highest BCUT2D eigenvalue weighted by Crippen LogP contribution is 2.55. The average Bonchev–Trinajstić information content (AvgIpc) is 3.84. The maximum absolute atomic E-state index is 2.72. The zero-order valence-electron chi connectivity index (χ0n) is 34.7. The van der Waals surface area contributed by atoms with Crippen molar-refractivity contribution in [3.63, 3.8) is 0 Å². The molecule has 286 valence electrons. The van der Waals surface area contributed by atoms with Gasteiger partial charge in [0.2, 0.25) is 0 Å². The standard InChI is InChI=1S/C58H41BN2/c1-57(2)46-23-12-10-19-39(46)43-31-37(26-27-48(43)57)60-52-32-44-40-20-11-13-24-47(40)58(3,4)49(44)33-50(52)59-55-45(29-36(30-53(55)60)34-15-6-5-7-16-34)41-21-14-22-42-54-38-18-9-8-17-35(38)25-28-51(54)61(59)56(41)42/h5-33H,1-4H3. The van der Waals surface area contributed by atoms with E-state index in [1.165, 1.54) is 127 Å². The van der Waals surface area contributed by atoms with Gasteiger partial charge in [0.15, 0.2) is 0 Å². The summed E-state index contributed by atoms with van der Waals surface area (Å²) in [6.45, 7) is 9.55. The van der Waals surface area contributed by atoms with Crippen LogP contribution in [0.25, 0.3) is 77.1 Å². The molecule has 0 atom stereocenters. The first-order valence-corrected chi connectivity index (χ1v) is 21.8. The number of hydrogen-bond donors (Lipinski definition) is 0. The molecule has 0 radical (unpaired) electrons. The van der Waals surface area contributed by atoms with Gasteiger partial charge in [-0.1, -0.05) is 167 Å². The lowest BCUT2D eigenvalue weighted by molar-refractivity contribution is 0.660. The van der Waals surface area contributed by atoms with Gasteiger partial charge in [0.25, 0.3) is 0 Å². The van der Waals surface area contributed by atoms with Crippen molar-refractivity contribution in [2.45, 2.75) is 38.5 Å². The summed E-state index contributed by atoms with van der Waals surface area (Å²) in [4.78, 5) is 2.63. The summed E-state index contributed by atoms with van der Waals surface area (Å²) in [6.07, 6.45) is 0. The van der Waals surface area contributed by atoms with Crippen LogP contribution in [-0.2, 0) is 10.8 Å². The highest BCUT2D eigenvalue weighted by atomic mass is 15.2. The third-order valence-electron chi connectivity index (χ3n) is 15.1. The Morgan fingerprint density at radius 3 is 1.89 bits per heavy atom. The van der Waals surface area contributed by atoms with Gasteiger partial charge in [0, 0.05) is 55.3 Å². The molecular weight excluding hydrogens is 735 g/mol. The van der Waals surface area contributed by atoms with Gasteiger partial charge in [-0.05, 0) is 119 Å². The topological polar surface area (TPSA) is 8.17 Å². The van der Waals surface area contributed by atoms with Crippen LogP contribution in [0.4, 0.5) is 17.1 Å². The van der Waals surface area contributed by atoms with Crippen LogP contribution in [-0.4, -0.2) is 11.3 Å². The predicted octanol–water partition coefficient (Wildman–Crippen LogP) is 13.6. The van der Waals surface area contributed by atoms with Crippen molar-refractivity contribution < 1.29 is 0 Å². The molecule has 0 saturated carbocycles. The summed E-state index contributed by atoms with van der Waals surface area (Å²) in [5.74, 6) is 0. The second kappa shape index (κ2) is 11.4. The maximum atomic E-state index is 2.72. The summed E-state index contributed by atoms with van der Waals surface area (Å²) < 4.78 is 2.72. The van der Waals surface area contributed by atoms with E-state index in [9.17, 15) is 0 Å². The zero-order chi connectivity index (χ0) is 40.5. The number of para-hydroxylation sites is 1. The number of anilines is 3. The second-order valence-corrected chi connectivity index (χ2v) is 18.8. The van der Waals surface area contributed by atoms with E-state index >= 15 is 0 Å². The second-order valence-electron chi connectivity index (χ2n) is 18.8. The molecule has 9 aromatic carbocycles. The molecule has 4 aliphatic rings. The van der Waals surface area contributed by atoms with Crippen LogP contribution in [0.2, 0.25) is 0 Å². The Balaban J connectivity index is 1.15. The fourth-order valence-corrected chi connectivity index (χ4v) is 12.3. The van der Waals surface area contributed by atoms with Gasteiger partial charge in [-0.25, -0.2) is 0 Å². The van der Waals surface area contributed by atoms with E-state index in [1.807, 2.05) is 0 Å². The van der Waals surface area contributed by atoms with Crippen molar-refractivity contribution in [1.82, 2.24) is 4.48 Å². The third kappa shape index (κ3) is 4.14. The Kier molecular flexibility index (Phi) is 6.29. The van der Waals surface area contributed by atoms with Gasteiger partial charge in [-0.3, -0.25) is 0 Å². The van der Waals surface area contributed by atoms with E-state index < -0.39 is 0 Å². The van der Waals surface area contributed by atoms with Gasteiger partial charge in [-0.15, -0.1) is 0 Å². The molecular formula is C58H41BN2. The van der Waals surface area contributed by atoms with Crippen LogP contribution >= 0.6 is 0 Å². The first-order chi connectivity index (χ1) is 29.8. The SMILES string of the molecule is CC1(C)c2ccccc2-c2cc(N3c4cc5c(cc4B4c6c(cc(-c7ccccc7)cc63)-c3cccc6c7c8ccccc8ccc7n4c36)C(C)(C)c3ccccc3-5)ccc21. The molecule has 0 bridgehead atoms. The van der Waals surface area contributed by atoms with Crippen molar-refractivity contribution in [2.24, 2.45) is 0 Å². The highest BCUT2D eigenvalue weighted by Gasteiger charge is 2.46. The van der Waals surface area contributed by atoms with Crippen LogP contribution < -0.4 is 15.8 Å². The van der Waals surface area contributed by atoms with Gasteiger partial charge in [0.05, 0.1) is 0 Å². The lowest BCUT2D eigenvalue weighted by Gasteiger charge is -2.41. The minimum absolute atomic E-state index is 0.0453. The van der Waals surface area contributed by atoms with Crippen molar-refractivity contribution in [3.05, 3.63) is 198 Å². The Labute approximate surface area is 356 Å². The van der Waals surface area contributed by atoms with Crippen LogP contribution in [0.1, 0.15) is 49.9 Å². The van der Waals surface area contributed by atoms with Crippen molar-refractivity contribution in [1.29, 1.82) is 0 Å². The Morgan fingerprint density at radius 2 is 1.08 bits per heavy atom. The molecule has 0 fully saturated rings. The summed E-state index contributed by atoms with van der Waals surface area (Å²) in [6, 6.07) is 67.2.